The monoisotopic (exact) mass is 381 g/mol. The number of benzene rings is 1. The van der Waals surface area contributed by atoms with Gasteiger partial charge in [-0.05, 0) is 47.2 Å². The molecule has 0 aliphatic rings. The van der Waals surface area contributed by atoms with E-state index in [9.17, 15) is 4.79 Å². The normalized spacial score (nSPS) is 12.3. The lowest BCUT2D eigenvalue weighted by atomic mass is 10.1. The highest BCUT2D eigenvalue weighted by atomic mass is 127. The van der Waals surface area contributed by atoms with Gasteiger partial charge in [-0.25, -0.2) is 0 Å². The third-order valence-corrected chi connectivity index (χ3v) is 3.68. The molecule has 0 fully saturated rings. The lowest BCUT2D eigenvalue weighted by Crippen LogP contribution is -2.20. The molecule has 82 valence electrons. The van der Waals surface area contributed by atoms with Crippen LogP contribution in [0.3, 0.4) is 0 Å². The molecule has 0 saturated heterocycles. The predicted molar refractivity (Wildman–Crippen MR) is 74.9 cm³/mol. The predicted octanol–water partition coefficient (Wildman–Crippen LogP) is 4.04. The van der Waals surface area contributed by atoms with Crippen molar-refractivity contribution in [1.82, 2.24) is 0 Å². The fourth-order valence-corrected chi connectivity index (χ4v) is 1.87. The van der Waals surface area contributed by atoms with Crippen molar-refractivity contribution in [2.45, 2.75) is 20.3 Å². The molecule has 0 saturated carbocycles. The third kappa shape index (κ3) is 3.75. The first-order valence-electron chi connectivity index (χ1n) is 4.80. The molecule has 2 nitrogen and oxygen atoms in total. The largest absolute Gasteiger partial charge is 0.325 e. The minimum Gasteiger partial charge on any atom is -0.325 e. The van der Waals surface area contributed by atoms with Crippen LogP contribution in [0.5, 0.6) is 0 Å². The lowest BCUT2D eigenvalue weighted by Gasteiger charge is -2.11. The molecule has 15 heavy (non-hydrogen) atoms. The van der Waals surface area contributed by atoms with Crippen LogP contribution in [0.25, 0.3) is 0 Å². The smallest absolute Gasteiger partial charge is 0.227 e. The molecule has 1 amide bonds. The highest BCUT2D eigenvalue weighted by molar-refractivity contribution is 14.1. The van der Waals surface area contributed by atoms with Crippen molar-refractivity contribution in [3.63, 3.8) is 0 Å². The molecule has 1 unspecified atom stereocenters. The van der Waals surface area contributed by atoms with E-state index in [1.165, 1.54) is 0 Å². The zero-order chi connectivity index (χ0) is 11.4. The Morgan fingerprint density at radius 1 is 1.60 bits per heavy atom. The summed E-state index contributed by atoms with van der Waals surface area (Å²) in [4.78, 5) is 11.7. The second-order valence-corrected chi connectivity index (χ2v) is 5.50. The summed E-state index contributed by atoms with van der Waals surface area (Å²) in [5, 5.41) is 2.93. The van der Waals surface area contributed by atoms with Crippen LogP contribution in [0.4, 0.5) is 5.69 Å². The Bertz CT molecular complexity index is 368. The molecular weight excluding hydrogens is 369 g/mol. The van der Waals surface area contributed by atoms with E-state index in [0.717, 1.165) is 20.2 Å². The number of anilines is 1. The molecule has 0 aliphatic carbocycles. The van der Waals surface area contributed by atoms with Gasteiger partial charge in [-0.15, -0.1) is 0 Å². The van der Waals surface area contributed by atoms with Crippen molar-refractivity contribution in [3.05, 3.63) is 26.2 Å². The first kappa shape index (κ1) is 13.0. The van der Waals surface area contributed by atoms with Crippen molar-refractivity contribution in [1.29, 1.82) is 0 Å². The fraction of sp³-hybridized carbons (Fsp3) is 0.364. The van der Waals surface area contributed by atoms with Crippen molar-refractivity contribution in [2.24, 2.45) is 5.92 Å². The Balaban J connectivity index is 2.80. The van der Waals surface area contributed by atoms with Gasteiger partial charge in [0.25, 0.3) is 0 Å². The van der Waals surface area contributed by atoms with Gasteiger partial charge < -0.3 is 5.32 Å². The Morgan fingerprint density at radius 2 is 2.27 bits per heavy atom. The molecule has 0 aliphatic heterocycles. The van der Waals surface area contributed by atoms with Crippen LogP contribution >= 0.6 is 38.5 Å². The number of carbonyl (C=O) groups excluding carboxylic acids is 1. The van der Waals surface area contributed by atoms with Crippen molar-refractivity contribution in [3.8, 4) is 0 Å². The number of carbonyl (C=O) groups is 1. The Morgan fingerprint density at radius 3 is 2.87 bits per heavy atom. The molecule has 0 heterocycles. The van der Waals surface area contributed by atoms with E-state index in [1.807, 2.05) is 32.0 Å². The standard InChI is InChI=1S/C11H13BrINO/c1-3-7(2)11(15)14-10-6-8(12)4-5-9(10)13/h4-7H,3H2,1-2H3,(H,14,15). The number of amides is 1. The number of hydrogen-bond donors (Lipinski definition) is 1. The summed E-state index contributed by atoms with van der Waals surface area (Å²) >= 11 is 5.60. The zero-order valence-electron chi connectivity index (χ0n) is 8.68. The molecule has 1 rings (SSSR count). The Hall–Kier alpha value is -0.100. The highest BCUT2D eigenvalue weighted by Gasteiger charge is 2.11. The van der Waals surface area contributed by atoms with Crippen molar-refractivity contribution < 1.29 is 4.79 Å². The summed E-state index contributed by atoms with van der Waals surface area (Å²) in [6.07, 6.45) is 0.858. The van der Waals surface area contributed by atoms with E-state index < -0.39 is 0 Å². The van der Waals surface area contributed by atoms with Gasteiger partial charge in [-0.2, -0.15) is 0 Å². The van der Waals surface area contributed by atoms with Crippen LogP contribution in [-0.4, -0.2) is 5.91 Å². The molecule has 4 heteroatoms. The maximum absolute atomic E-state index is 11.7. The average molecular weight is 382 g/mol. The van der Waals surface area contributed by atoms with Gasteiger partial charge in [-0.3, -0.25) is 4.79 Å². The summed E-state index contributed by atoms with van der Waals surface area (Å²) in [5.41, 5.74) is 0.871. The molecule has 1 aromatic rings. The topological polar surface area (TPSA) is 29.1 Å². The summed E-state index contributed by atoms with van der Waals surface area (Å²) in [6.45, 7) is 3.94. The van der Waals surface area contributed by atoms with E-state index in [2.05, 4.69) is 43.8 Å². The van der Waals surface area contributed by atoms with E-state index in [1.54, 1.807) is 0 Å². The highest BCUT2D eigenvalue weighted by Crippen LogP contribution is 2.23. The second kappa shape index (κ2) is 5.84. The molecule has 0 radical (unpaired) electrons. The van der Waals surface area contributed by atoms with Gasteiger partial charge in [0.05, 0.1) is 5.69 Å². The van der Waals surface area contributed by atoms with Crippen LogP contribution in [0.1, 0.15) is 20.3 Å². The van der Waals surface area contributed by atoms with Gasteiger partial charge in [0, 0.05) is 14.0 Å². The summed E-state index contributed by atoms with van der Waals surface area (Å²) in [5.74, 6) is 0.133. The quantitative estimate of drug-likeness (QED) is 0.786. The maximum Gasteiger partial charge on any atom is 0.227 e. The SMILES string of the molecule is CCC(C)C(=O)Nc1cc(Br)ccc1I. The summed E-state index contributed by atoms with van der Waals surface area (Å²) in [7, 11) is 0. The minimum atomic E-state index is 0.0554. The summed E-state index contributed by atoms with van der Waals surface area (Å²) in [6, 6.07) is 5.85. The number of rotatable bonds is 3. The number of nitrogens with one attached hydrogen (secondary N) is 1. The molecule has 0 aromatic heterocycles. The molecule has 0 spiro atoms. The minimum absolute atomic E-state index is 0.0554. The maximum atomic E-state index is 11.7. The first-order valence-corrected chi connectivity index (χ1v) is 6.67. The lowest BCUT2D eigenvalue weighted by molar-refractivity contribution is -0.119. The Kier molecular flexibility index (Phi) is 5.05. The van der Waals surface area contributed by atoms with Crippen molar-refractivity contribution >= 4 is 50.1 Å². The van der Waals surface area contributed by atoms with Crippen LogP contribution in [-0.2, 0) is 4.79 Å². The van der Waals surface area contributed by atoms with E-state index in [0.29, 0.717) is 0 Å². The second-order valence-electron chi connectivity index (χ2n) is 3.42. The van der Waals surface area contributed by atoms with Gasteiger partial charge >= 0.3 is 0 Å². The van der Waals surface area contributed by atoms with Crippen LogP contribution in [0.15, 0.2) is 22.7 Å². The molecule has 1 aromatic carbocycles. The number of halogens is 2. The van der Waals surface area contributed by atoms with Gasteiger partial charge in [0.15, 0.2) is 0 Å². The van der Waals surface area contributed by atoms with E-state index >= 15 is 0 Å². The van der Waals surface area contributed by atoms with Gasteiger partial charge in [-0.1, -0.05) is 29.8 Å². The van der Waals surface area contributed by atoms with Crippen LogP contribution in [0, 0.1) is 9.49 Å². The number of hydrogen-bond acceptors (Lipinski definition) is 1. The molecule has 1 N–H and O–H groups in total. The van der Waals surface area contributed by atoms with Gasteiger partial charge in [0.2, 0.25) is 5.91 Å². The molecule has 0 bridgehead atoms. The fourth-order valence-electron chi connectivity index (χ4n) is 1.03. The first-order chi connectivity index (χ1) is 7.04. The van der Waals surface area contributed by atoms with E-state index in [-0.39, 0.29) is 11.8 Å². The van der Waals surface area contributed by atoms with Crippen LogP contribution in [0.2, 0.25) is 0 Å². The van der Waals surface area contributed by atoms with Gasteiger partial charge in [0.1, 0.15) is 0 Å². The third-order valence-electron chi connectivity index (χ3n) is 2.25. The molecule has 1 atom stereocenters. The van der Waals surface area contributed by atoms with E-state index in [4.69, 9.17) is 0 Å². The Labute approximate surface area is 112 Å². The molecular formula is C11H13BrINO. The zero-order valence-corrected chi connectivity index (χ0v) is 12.4. The van der Waals surface area contributed by atoms with Crippen molar-refractivity contribution in [2.75, 3.05) is 5.32 Å². The van der Waals surface area contributed by atoms with Crippen LogP contribution < -0.4 is 5.32 Å². The summed E-state index contributed by atoms with van der Waals surface area (Å²) < 4.78 is 2.02. The average Bonchev–Trinajstić information content (AvgIpc) is 2.22.